The Morgan fingerprint density at radius 1 is 1.19 bits per heavy atom. The van der Waals surface area contributed by atoms with Crippen LogP contribution in [0, 0.1) is 11.3 Å². The van der Waals surface area contributed by atoms with Gasteiger partial charge in [-0.15, -0.1) is 0 Å². The third-order valence-electron chi connectivity index (χ3n) is 3.55. The SMILES string of the molecule is CC(C)(C(=O)OC1C(=O)CCC1=O)C1CC1. The second kappa shape index (κ2) is 3.68. The normalized spacial score (nSPS) is 22.6. The lowest BCUT2D eigenvalue weighted by Gasteiger charge is -2.23. The van der Waals surface area contributed by atoms with Crippen LogP contribution >= 0.6 is 0 Å². The molecule has 0 heterocycles. The second-order valence-electron chi connectivity index (χ2n) is 5.21. The van der Waals surface area contributed by atoms with E-state index in [9.17, 15) is 14.4 Å². The lowest BCUT2D eigenvalue weighted by Crippen LogP contribution is -2.36. The van der Waals surface area contributed by atoms with E-state index in [1.807, 2.05) is 13.8 Å². The zero-order valence-corrected chi connectivity index (χ0v) is 9.62. The summed E-state index contributed by atoms with van der Waals surface area (Å²) in [6, 6.07) is 0. The highest BCUT2D eigenvalue weighted by Gasteiger charge is 2.47. The Kier molecular flexibility index (Phi) is 2.60. The van der Waals surface area contributed by atoms with E-state index in [-0.39, 0.29) is 24.4 Å². The average molecular weight is 224 g/mol. The van der Waals surface area contributed by atoms with Gasteiger partial charge in [0.1, 0.15) is 0 Å². The molecule has 4 heteroatoms. The lowest BCUT2D eigenvalue weighted by atomic mass is 9.87. The summed E-state index contributed by atoms with van der Waals surface area (Å²) in [5, 5.41) is 0. The number of hydrogen-bond acceptors (Lipinski definition) is 4. The van der Waals surface area contributed by atoms with Crippen LogP contribution in [0.3, 0.4) is 0 Å². The van der Waals surface area contributed by atoms with E-state index in [1.54, 1.807) is 0 Å². The Balaban J connectivity index is 2.01. The summed E-state index contributed by atoms with van der Waals surface area (Å²) in [5.41, 5.74) is -0.566. The molecule has 2 aliphatic carbocycles. The van der Waals surface area contributed by atoms with Crippen molar-refractivity contribution in [2.45, 2.75) is 45.6 Å². The van der Waals surface area contributed by atoms with Crippen LogP contribution in [0.25, 0.3) is 0 Å². The summed E-state index contributed by atoms with van der Waals surface area (Å²) in [4.78, 5) is 34.5. The number of esters is 1. The molecule has 0 radical (unpaired) electrons. The predicted molar refractivity (Wildman–Crippen MR) is 55.6 cm³/mol. The lowest BCUT2D eigenvalue weighted by molar-refractivity contribution is -0.166. The fraction of sp³-hybridized carbons (Fsp3) is 0.750. The minimum atomic E-state index is -1.12. The Morgan fingerprint density at radius 2 is 1.69 bits per heavy atom. The van der Waals surface area contributed by atoms with Gasteiger partial charge in [-0.1, -0.05) is 0 Å². The summed E-state index contributed by atoms with van der Waals surface area (Å²) in [7, 11) is 0. The molecular formula is C12H16O4. The van der Waals surface area contributed by atoms with Crippen LogP contribution in [0.2, 0.25) is 0 Å². The standard InChI is InChI=1S/C12H16O4/c1-12(2,7-3-4-7)11(15)16-10-8(13)5-6-9(10)14/h7,10H,3-6H2,1-2H3. The summed E-state index contributed by atoms with van der Waals surface area (Å²) < 4.78 is 5.06. The Labute approximate surface area is 94.3 Å². The molecular weight excluding hydrogens is 208 g/mol. The molecule has 2 saturated carbocycles. The zero-order chi connectivity index (χ0) is 11.9. The number of carbonyl (C=O) groups is 3. The summed E-state index contributed by atoms with van der Waals surface area (Å²) in [6.07, 6.45) is 1.34. The Morgan fingerprint density at radius 3 is 2.12 bits per heavy atom. The van der Waals surface area contributed by atoms with Crippen LogP contribution in [-0.4, -0.2) is 23.6 Å². The first-order valence-corrected chi connectivity index (χ1v) is 5.69. The highest BCUT2D eigenvalue weighted by Crippen LogP contribution is 2.46. The van der Waals surface area contributed by atoms with Crippen molar-refractivity contribution in [2.75, 3.05) is 0 Å². The third kappa shape index (κ3) is 1.88. The molecule has 0 aromatic rings. The monoisotopic (exact) mass is 224 g/mol. The molecule has 0 spiro atoms. The smallest absolute Gasteiger partial charge is 0.312 e. The predicted octanol–water partition coefficient (Wildman–Crippen LogP) is 1.27. The van der Waals surface area contributed by atoms with Gasteiger partial charge < -0.3 is 4.74 Å². The van der Waals surface area contributed by atoms with Crippen molar-refractivity contribution >= 4 is 17.5 Å². The van der Waals surface area contributed by atoms with Crippen LogP contribution < -0.4 is 0 Å². The van der Waals surface area contributed by atoms with Gasteiger partial charge in [0.2, 0.25) is 6.10 Å². The summed E-state index contributed by atoms with van der Waals surface area (Å²) >= 11 is 0. The maximum atomic E-state index is 11.9. The fourth-order valence-corrected chi connectivity index (χ4v) is 2.05. The molecule has 0 aromatic heterocycles. The quantitative estimate of drug-likeness (QED) is 0.535. The van der Waals surface area contributed by atoms with Gasteiger partial charge in [-0.25, -0.2) is 0 Å². The highest BCUT2D eigenvalue weighted by molar-refractivity contribution is 6.12. The summed E-state index contributed by atoms with van der Waals surface area (Å²) in [6.45, 7) is 3.63. The highest BCUT2D eigenvalue weighted by atomic mass is 16.6. The molecule has 2 aliphatic rings. The van der Waals surface area contributed by atoms with Crippen molar-refractivity contribution in [3.05, 3.63) is 0 Å². The second-order valence-corrected chi connectivity index (χ2v) is 5.21. The zero-order valence-electron chi connectivity index (χ0n) is 9.62. The molecule has 88 valence electrons. The van der Waals surface area contributed by atoms with Gasteiger partial charge in [0.05, 0.1) is 5.41 Å². The van der Waals surface area contributed by atoms with Crippen LogP contribution in [0.1, 0.15) is 39.5 Å². The Hall–Kier alpha value is -1.19. The van der Waals surface area contributed by atoms with Gasteiger partial charge in [-0.05, 0) is 32.6 Å². The molecule has 0 atom stereocenters. The third-order valence-corrected chi connectivity index (χ3v) is 3.55. The molecule has 2 rings (SSSR count). The number of hydrogen-bond donors (Lipinski definition) is 0. The van der Waals surface area contributed by atoms with Crippen molar-refractivity contribution < 1.29 is 19.1 Å². The molecule has 0 saturated heterocycles. The largest absolute Gasteiger partial charge is 0.446 e. The van der Waals surface area contributed by atoms with Gasteiger partial charge >= 0.3 is 5.97 Å². The summed E-state index contributed by atoms with van der Waals surface area (Å²) in [5.74, 6) is -0.592. The van der Waals surface area contributed by atoms with Gasteiger partial charge in [-0.3, -0.25) is 14.4 Å². The minimum Gasteiger partial charge on any atom is -0.446 e. The van der Waals surface area contributed by atoms with Crippen molar-refractivity contribution in [1.29, 1.82) is 0 Å². The van der Waals surface area contributed by atoms with E-state index in [4.69, 9.17) is 4.74 Å². The molecule has 0 unspecified atom stereocenters. The van der Waals surface area contributed by atoms with Gasteiger partial charge in [0, 0.05) is 12.8 Å². The molecule has 0 N–H and O–H groups in total. The van der Waals surface area contributed by atoms with Gasteiger partial charge in [0.25, 0.3) is 0 Å². The average Bonchev–Trinajstić information content (AvgIpc) is 3.01. The van der Waals surface area contributed by atoms with E-state index < -0.39 is 17.5 Å². The van der Waals surface area contributed by atoms with Crippen molar-refractivity contribution in [3.8, 4) is 0 Å². The number of ketones is 2. The first kappa shape index (κ1) is 11.3. The molecule has 16 heavy (non-hydrogen) atoms. The van der Waals surface area contributed by atoms with Crippen LogP contribution in [-0.2, 0) is 19.1 Å². The molecule has 0 bridgehead atoms. The van der Waals surface area contributed by atoms with E-state index in [0.29, 0.717) is 5.92 Å². The number of ether oxygens (including phenoxy) is 1. The maximum absolute atomic E-state index is 11.9. The van der Waals surface area contributed by atoms with Crippen LogP contribution in [0.5, 0.6) is 0 Å². The van der Waals surface area contributed by atoms with Crippen molar-refractivity contribution in [1.82, 2.24) is 0 Å². The Bertz CT molecular complexity index is 336. The minimum absolute atomic E-state index is 0.209. The molecule has 4 nitrogen and oxygen atoms in total. The molecule has 0 amide bonds. The van der Waals surface area contributed by atoms with E-state index in [2.05, 4.69) is 0 Å². The number of rotatable bonds is 3. The maximum Gasteiger partial charge on any atom is 0.312 e. The molecule has 0 aliphatic heterocycles. The van der Waals surface area contributed by atoms with Crippen molar-refractivity contribution in [3.63, 3.8) is 0 Å². The molecule has 2 fully saturated rings. The van der Waals surface area contributed by atoms with Crippen LogP contribution in [0.4, 0.5) is 0 Å². The first-order chi connectivity index (χ1) is 7.43. The van der Waals surface area contributed by atoms with Gasteiger partial charge in [0.15, 0.2) is 11.6 Å². The first-order valence-electron chi connectivity index (χ1n) is 5.69. The number of Topliss-reactive ketones (excluding diaryl/α,β-unsaturated/α-hetero) is 2. The van der Waals surface area contributed by atoms with E-state index in [0.717, 1.165) is 12.8 Å². The van der Waals surface area contributed by atoms with E-state index in [1.165, 1.54) is 0 Å². The fourth-order valence-electron chi connectivity index (χ4n) is 2.05. The number of carbonyl (C=O) groups excluding carboxylic acids is 3. The van der Waals surface area contributed by atoms with Crippen LogP contribution in [0.15, 0.2) is 0 Å². The topological polar surface area (TPSA) is 60.4 Å². The molecule has 0 aromatic carbocycles. The van der Waals surface area contributed by atoms with E-state index >= 15 is 0 Å². The van der Waals surface area contributed by atoms with Crippen molar-refractivity contribution in [2.24, 2.45) is 11.3 Å². The van der Waals surface area contributed by atoms with Gasteiger partial charge in [-0.2, -0.15) is 0 Å².